The normalized spacial score (nSPS) is 11.4. The molecule has 1 aromatic rings. The summed E-state index contributed by atoms with van der Waals surface area (Å²) in [5.41, 5.74) is 0.810. The maximum absolute atomic E-state index is 12.1. The Morgan fingerprint density at radius 1 is 1.04 bits per heavy atom. The zero-order valence-corrected chi connectivity index (χ0v) is 16.2. The highest BCUT2D eigenvalue weighted by Crippen LogP contribution is 2.17. The number of benzene rings is 1. The molecule has 1 aromatic carbocycles. The van der Waals surface area contributed by atoms with Crippen molar-refractivity contribution in [2.24, 2.45) is 0 Å². The molecule has 0 bridgehead atoms. The number of hydrogen-bond donors (Lipinski definition) is 3. The molecule has 0 fully saturated rings. The largest absolute Gasteiger partial charge is 0.500 e. The quantitative estimate of drug-likeness (QED) is 0.368. The maximum atomic E-state index is 12.1. The van der Waals surface area contributed by atoms with Gasteiger partial charge in [-0.3, -0.25) is 4.79 Å². The predicted octanol–water partition coefficient (Wildman–Crippen LogP) is 0.535. The molecule has 0 saturated heterocycles. The van der Waals surface area contributed by atoms with Crippen LogP contribution in [0.1, 0.15) is 37.6 Å². The summed E-state index contributed by atoms with van der Waals surface area (Å²) in [6.45, 7) is 7.80. The molecular formula is C16H28BNO6Si. The first-order valence-corrected chi connectivity index (χ1v) is 10.6. The average Bonchev–Trinajstić information content (AvgIpc) is 2.59. The molecule has 9 heteroatoms. The van der Waals surface area contributed by atoms with Crippen LogP contribution in [0.25, 0.3) is 0 Å². The van der Waals surface area contributed by atoms with Gasteiger partial charge in [0.15, 0.2) is 0 Å². The van der Waals surface area contributed by atoms with E-state index in [1.807, 2.05) is 20.8 Å². The van der Waals surface area contributed by atoms with E-state index in [9.17, 15) is 4.79 Å². The monoisotopic (exact) mass is 369 g/mol. The summed E-state index contributed by atoms with van der Waals surface area (Å²) in [7, 11) is -4.21. The van der Waals surface area contributed by atoms with Crippen LogP contribution in [-0.2, 0) is 13.3 Å². The van der Waals surface area contributed by atoms with Crippen molar-refractivity contribution < 1.29 is 28.1 Å². The van der Waals surface area contributed by atoms with Crippen molar-refractivity contribution in [3.63, 3.8) is 0 Å². The number of carbonyl (C=O) groups is 1. The molecule has 1 amide bonds. The Kier molecular flexibility index (Phi) is 9.95. The van der Waals surface area contributed by atoms with Crippen LogP contribution in [0.3, 0.4) is 0 Å². The zero-order chi connectivity index (χ0) is 18.7. The van der Waals surface area contributed by atoms with Crippen molar-refractivity contribution in [2.45, 2.75) is 33.2 Å². The molecule has 0 saturated carbocycles. The van der Waals surface area contributed by atoms with Crippen molar-refractivity contribution in [2.75, 3.05) is 26.4 Å². The number of rotatable bonds is 12. The molecule has 0 unspecified atom stereocenters. The van der Waals surface area contributed by atoms with Crippen LogP contribution in [0.5, 0.6) is 0 Å². The van der Waals surface area contributed by atoms with Gasteiger partial charge in [0.05, 0.1) is 0 Å². The molecule has 25 heavy (non-hydrogen) atoms. The third-order valence-electron chi connectivity index (χ3n) is 3.51. The highest BCUT2D eigenvalue weighted by atomic mass is 28.4. The van der Waals surface area contributed by atoms with Crippen molar-refractivity contribution in [1.82, 2.24) is 5.32 Å². The lowest BCUT2D eigenvalue weighted by Gasteiger charge is -2.28. The molecule has 0 aromatic heterocycles. The molecule has 0 spiro atoms. The number of hydrogen-bond acceptors (Lipinski definition) is 6. The maximum Gasteiger partial charge on any atom is 0.500 e. The van der Waals surface area contributed by atoms with Crippen LogP contribution in [0.2, 0.25) is 6.04 Å². The minimum atomic E-state index is -2.67. The van der Waals surface area contributed by atoms with Gasteiger partial charge in [-0.2, -0.15) is 0 Å². The van der Waals surface area contributed by atoms with Crippen molar-refractivity contribution in [1.29, 1.82) is 0 Å². The topological polar surface area (TPSA) is 97.3 Å². The molecule has 0 aliphatic carbocycles. The highest BCUT2D eigenvalue weighted by Gasteiger charge is 2.39. The first-order chi connectivity index (χ1) is 12.0. The van der Waals surface area contributed by atoms with Crippen LogP contribution < -0.4 is 10.8 Å². The minimum Gasteiger partial charge on any atom is -0.423 e. The van der Waals surface area contributed by atoms with Crippen molar-refractivity contribution in [3.8, 4) is 0 Å². The summed E-state index contributed by atoms with van der Waals surface area (Å²) in [5.74, 6) is -0.213. The fourth-order valence-corrected chi connectivity index (χ4v) is 5.03. The SMILES string of the molecule is CCO[Si](CCCNC(=O)c1ccc(B(O)O)cc1)(OCC)OCC. The minimum absolute atomic E-state index is 0.213. The fourth-order valence-electron chi connectivity index (χ4n) is 2.42. The second kappa shape index (κ2) is 11.4. The Morgan fingerprint density at radius 2 is 1.56 bits per heavy atom. The predicted molar refractivity (Wildman–Crippen MR) is 98.7 cm³/mol. The van der Waals surface area contributed by atoms with Gasteiger partial charge in [-0.1, -0.05) is 12.1 Å². The molecule has 0 aliphatic heterocycles. The second-order valence-electron chi connectivity index (χ2n) is 5.34. The van der Waals surface area contributed by atoms with Crippen molar-refractivity contribution >= 4 is 27.3 Å². The molecule has 1 rings (SSSR count). The third-order valence-corrected chi connectivity index (χ3v) is 6.66. The molecule has 0 heterocycles. The lowest BCUT2D eigenvalue weighted by atomic mass is 9.80. The molecule has 0 aliphatic rings. The Labute approximate surface area is 150 Å². The third kappa shape index (κ3) is 7.27. The Morgan fingerprint density at radius 3 is 2.00 bits per heavy atom. The van der Waals surface area contributed by atoms with E-state index in [2.05, 4.69) is 5.32 Å². The number of amides is 1. The van der Waals surface area contributed by atoms with Crippen LogP contribution in [0, 0.1) is 0 Å². The number of carbonyl (C=O) groups excluding carboxylic acids is 1. The standard InChI is InChI=1S/C16H28BNO6Si/c1-4-22-25(23-5-2,24-6-3)13-7-12-18-16(19)14-8-10-15(11-9-14)17(20)21/h8-11,20-21H,4-7,12-13H2,1-3H3,(H,18,19). The van der Waals surface area contributed by atoms with Gasteiger partial charge in [0.25, 0.3) is 5.91 Å². The summed E-state index contributed by atoms with van der Waals surface area (Å²) in [6.07, 6.45) is 0.686. The molecule has 3 N–H and O–H groups in total. The van der Waals surface area contributed by atoms with Crippen LogP contribution >= 0.6 is 0 Å². The van der Waals surface area contributed by atoms with E-state index in [-0.39, 0.29) is 5.91 Å². The fraction of sp³-hybridized carbons (Fsp3) is 0.562. The van der Waals surface area contributed by atoms with Gasteiger partial charge in [0.2, 0.25) is 0 Å². The summed E-state index contributed by atoms with van der Waals surface area (Å²) in [5, 5.41) is 21.0. The van der Waals surface area contributed by atoms with Gasteiger partial charge in [-0.05, 0) is 44.8 Å². The van der Waals surface area contributed by atoms with Crippen LogP contribution in [0.15, 0.2) is 24.3 Å². The van der Waals surface area contributed by atoms with Crippen LogP contribution in [-0.4, -0.2) is 58.2 Å². The Bertz CT molecular complexity index is 497. The second-order valence-corrected chi connectivity index (χ2v) is 8.07. The van der Waals surface area contributed by atoms with Gasteiger partial charge in [0.1, 0.15) is 0 Å². The lowest BCUT2D eigenvalue weighted by Crippen LogP contribution is -2.46. The van der Waals surface area contributed by atoms with E-state index in [1.54, 1.807) is 12.1 Å². The molecule has 0 atom stereocenters. The highest BCUT2D eigenvalue weighted by molar-refractivity contribution is 6.60. The van der Waals surface area contributed by atoms with Crippen LogP contribution in [0.4, 0.5) is 0 Å². The van der Waals surface area contributed by atoms with Gasteiger partial charge in [-0.15, -0.1) is 0 Å². The van der Waals surface area contributed by atoms with Gasteiger partial charge in [0, 0.05) is 38.0 Å². The first kappa shape index (κ1) is 21.8. The van der Waals surface area contributed by atoms with E-state index in [4.69, 9.17) is 23.3 Å². The smallest absolute Gasteiger partial charge is 0.423 e. The van der Waals surface area contributed by atoms with Gasteiger partial charge >= 0.3 is 15.9 Å². The molecule has 140 valence electrons. The van der Waals surface area contributed by atoms with E-state index >= 15 is 0 Å². The average molecular weight is 369 g/mol. The van der Waals surface area contributed by atoms with Gasteiger partial charge < -0.3 is 28.6 Å². The molecule has 7 nitrogen and oxygen atoms in total. The number of nitrogens with one attached hydrogen (secondary N) is 1. The first-order valence-electron chi connectivity index (χ1n) is 8.64. The molecule has 0 radical (unpaired) electrons. The summed E-state index contributed by atoms with van der Waals surface area (Å²) >= 11 is 0. The summed E-state index contributed by atoms with van der Waals surface area (Å²) in [6, 6.07) is 6.78. The summed E-state index contributed by atoms with van der Waals surface area (Å²) < 4.78 is 17.3. The van der Waals surface area contributed by atoms with E-state index in [0.717, 1.165) is 0 Å². The zero-order valence-electron chi connectivity index (χ0n) is 15.2. The Hall–Kier alpha value is -1.23. The van der Waals surface area contributed by atoms with Gasteiger partial charge in [-0.25, -0.2) is 0 Å². The van der Waals surface area contributed by atoms with Crippen molar-refractivity contribution in [3.05, 3.63) is 29.8 Å². The Balaban J connectivity index is 2.50. The van der Waals surface area contributed by atoms with E-state index < -0.39 is 15.9 Å². The molecular weight excluding hydrogens is 341 g/mol. The summed E-state index contributed by atoms with van der Waals surface area (Å²) in [4.78, 5) is 12.1. The van der Waals surface area contributed by atoms with E-state index in [1.165, 1.54) is 12.1 Å². The lowest BCUT2D eigenvalue weighted by molar-refractivity contribution is 0.0705. The van der Waals surface area contributed by atoms with E-state index in [0.29, 0.717) is 49.9 Å².